The minimum absolute atomic E-state index is 0.101. The highest BCUT2D eigenvalue weighted by Crippen LogP contribution is 2.21. The molecule has 0 aliphatic carbocycles. The third-order valence-corrected chi connectivity index (χ3v) is 4.43. The molecule has 1 aliphatic rings. The van der Waals surface area contributed by atoms with E-state index >= 15 is 0 Å². The van der Waals surface area contributed by atoms with Crippen molar-refractivity contribution in [3.05, 3.63) is 34.6 Å². The van der Waals surface area contributed by atoms with E-state index in [0.29, 0.717) is 24.3 Å². The summed E-state index contributed by atoms with van der Waals surface area (Å²) < 4.78 is 0. The highest BCUT2D eigenvalue weighted by molar-refractivity contribution is 7.13. The Morgan fingerprint density at radius 3 is 2.71 bits per heavy atom. The van der Waals surface area contributed by atoms with E-state index in [1.54, 1.807) is 22.4 Å². The molecule has 1 fully saturated rings. The Morgan fingerprint density at radius 1 is 1.29 bits per heavy atom. The monoisotopic (exact) mass is 323 g/mol. The van der Waals surface area contributed by atoms with Gasteiger partial charge in [0.25, 0.3) is 5.91 Å². The molecule has 21 heavy (non-hydrogen) atoms. The first kappa shape index (κ1) is 14.1. The first-order valence-corrected chi connectivity index (χ1v) is 7.75. The van der Waals surface area contributed by atoms with Crippen LogP contribution in [0.25, 0.3) is 0 Å². The van der Waals surface area contributed by atoms with Gasteiger partial charge in [-0.25, -0.2) is 9.97 Å². The van der Waals surface area contributed by atoms with Crippen LogP contribution in [0.15, 0.2) is 23.8 Å². The van der Waals surface area contributed by atoms with E-state index in [1.807, 2.05) is 5.38 Å². The number of piperazine rings is 1. The first-order valence-electron chi connectivity index (χ1n) is 6.50. The number of nitrogen functional groups attached to an aromatic ring is 1. The lowest BCUT2D eigenvalue weighted by atomic mass is 10.2. The van der Waals surface area contributed by atoms with Crippen LogP contribution in [0.5, 0.6) is 0 Å². The van der Waals surface area contributed by atoms with E-state index in [4.69, 9.17) is 17.3 Å². The molecule has 6 nitrogen and oxygen atoms in total. The smallest absolute Gasteiger partial charge is 0.256 e. The molecule has 3 heterocycles. The number of halogens is 1. The molecule has 0 unspecified atom stereocenters. The normalized spacial score (nSPS) is 15.3. The van der Waals surface area contributed by atoms with Crippen LogP contribution in [0.2, 0.25) is 5.15 Å². The molecule has 0 bridgehead atoms. The molecule has 2 aromatic heterocycles. The number of hydrogen-bond acceptors (Lipinski definition) is 6. The topological polar surface area (TPSA) is 75.3 Å². The van der Waals surface area contributed by atoms with Crippen molar-refractivity contribution in [1.29, 1.82) is 0 Å². The van der Waals surface area contributed by atoms with E-state index in [1.165, 1.54) is 12.3 Å². The fraction of sp³-hybridized carbons (Fsp3) is 0.308. The molecule has 2 aromatic rings. The molecule has 1 amide bonds. The van der Waals surface area contributed by atoms with Gasteiger partial charge in [0.15, 0.2) is 5.13 Å². The van der Waals surface area contributed by atoms with Gasteiger partial charge in [-0.2, -0.15) is 0 Å². The van der Waals surface area contributed by atoms with Gasteiger partial charge < -0.3 is 15.5 Å². The zero-order valence-corrected chi connectivity index (χ0v) is 12.8. The Hall–Kier alpha value is -1.86. The second kappa shape index (κ2) is 5.87. The zero-order valence-electron chi connectivity index (χ0n) is 11.2. The average Bonchev–Trinajstić information content (AvgIpc) is 3.03. The summed E-state index contributed by atoms with van der Waals surface area (Å²) in [6, 6.07) is 1.52. The van der Waals surface area contributed by atoms with E-state index in [2.05, 4.69) is 14.9 Å². The van der Waals surface area contributed by atoms with E-state index in [0.717, 1.165) is 18.2 Å². The van der Waals surface area contributed by atoms with Crippen LogP contribution in [0, 0.1) is 0 Å². The Morgan fingerprint density at radius 2 is 2.05 bits per heavy atom. The van der Waals surface area contributed by atoms with Gasteiger partial charge in [-0.05, 0) is 6.07 Å². The highest BCUT2D eigenvalue weighted by atomic mass is 35.5. The molecule has 0 atom stereocenters. The van der Waals surface area contributed by atoms with Crippen LogP contribution < -0.4 is 10.6 Å². The minimum atomic E-state index is -0.101. The first-order chi connectivity index (χ1) is 10.1. The van der Waals surface area contributed by atoms with Crippen molar-refractivity contribution >= 4 is 39.7 Å². The number of pyridine rings is 1. The summed E-state index contributed by atoms with van der Waals surface area (Å²) in [6.45, 7) is 2.80. The molecule has 8 heteroatoms. The van der Waals surface area contributed by atoms with Crippen LogP contribution in [0.4, 0.5) is 10.8 Å². The molecular weight excluding hydrogens is 310 g/mol. The maximum absolute atomic E-state index is 12.5. The number of anilines is 2. The molecule has 0 saturated carbocycles. The summed E-state index contributed by atoms with van der Waals surface area (Å²) in [6.07, 6.45) is 3.21. The lowest BCUT2D eigenvalue weighted by molar-refractivity contribution is 0.0747. The van der Waals surface area contributed by atoms with Gasteiger partial charge in [0, 0.05) is 37.8 Å². The quantitative estimate of drug-likeness (QED) is 0.852. The van der Waals surface area contributed by atoms with Gasteiger partial charge in [0.05, 0.1) is 17.4 Å². The van der Waals surface area contributed by atoms with E-state index < -0.39 is 0 Å². The van der Waals surface area contributed by atoms with E-state index in [9.17, 15) is 4.79 Å². The van der Waals surface area contributed by atoms with Crippen molar-refractivity contribution in [3.8, 4) is 0 Å². The predicted octanol–water partition coefficient (Wildman–Crippen LogP) is 1.74. The maximum Gasteiger partial charge on any atom is 0.256 e. The molecule has 0 radical (unpaired) electrons. The van der Waals surface area contributed by atoms with Crippen molar-refractivity contribution in [2.45, 2.75) is 0 Å². The molecule has 3 rings (SSSR count). The van der Waals surface area contributed by atoms with Crippen LogP contribution >= 0.6 is 22.9 Å². The van der Waals surface area contributed by atoms with Crippen molar-refractivity contribution < 1.29 is 4.79 Å². The SMILES string of the molecule is Nc1cnc(Cl)cc1C(=O)N1CCN(c2nccs2)CC1. The van der Waals surface area contributed by atoms with Crippen molar-refractivity contribution in [1.82, 2.24) is 14.9 Å². The van der Waals surface area contributed by atoms with Crippen LogP contribution in [-0.2, 0) is 0 Å². The number of hydrogen-bond donors (Lipinski definition) is 1. The summed E-state index contributed by atoms with van der Waals surface area (Å²) in [7, 11) is 0. The van der Waals surface area contributed by atoms with Gasteiger partial charge in [-0.1, -0.05) is 11.6 Å². The van der Waals surface area contributed by atoms with Gasteiger partial charge in [-0.15, -0.1) is 11.3 Å². The van der Waals surface area contributed by atoms with Gasteiger partial charge >= 0.3 is 0 Å². The van der Waals surface area contributed by atoms with Crippen LogP contribution in [0.3, 0.4) is 0 Å². The van der Waals surface area contributed by atoms with Crippen LogP contribution in [0.1, 0.15) is 10.4 Å². The van der Waals surface area contributed by atoms with Gasteiger partial charge in [0.1, 0.15) is 5.15 Å². The number of carbonyl (C=O) groups excluding carboxylic acids is 1. The number of nitrogens with two attached hydrogens (primary N) is 1. The largest absolute Gasteiger partial charge is 0.397 e. The molecular formula is C13H14ClN5OS. The summed E-state index contributed by atoms with van der Waals surface area (Å²) in [5, 5.41) is 3.22. The predicted molar refractivity (Wildman–Crippen MR) is 83.9 cm³/mol. The summed E-state index contributed by atoms with van der Waals surface area (Å²) in [4.78, 5) is 24.6. The minimum Gasteiger partial charge on any atom is -0.397 e. The third-order valence-electron chi connectivity index (χ3n) is 3.39. The fourth-order valence-corrected chi connectivity index (χ4v) is 3.12. The Bertz CT molecular complexity index is 640. The Labute approximate surface area is 131 Å². The molecule has 1 aliphatic heterocycles. The highest BCUT2D eigenvalue weighted by Gasteiger charge is 2.24. The van der Waals surface area contributed by atoms with Crippen molar-refractivity contribution in [3.63, 3.8) is 0 Å². The van der Waals surface area contributed by atoms with Crippen molar-refractivity contribution in [2.24, 2.45) is 0 Å². The number of aromatic nitrogens is 2. The second-order valence-electron chi connectivity index (χ2n) is 4.69. The van der Waals surface area contributed by atoms with Crippen molar-refractivity contribution in [2.75, 3.05) is 36.8 Å². The summed E-state index contributed by atoms with van der Waals surface area (Å²) in [5.41, 5.74) is 6.58. The number of thiazole rings is 1. The molecule has 2 N–H and O–H groups in total. The number of nitrogens with zero attached hydrogens (tertiary/aromatic N) is 4. The zero-order chi connectivity index (χ0) is 14.8. The summed E-state index contributed by atoms with van der Waals surface area (Å²) >= 11 is 7.44. The standard InChI is InChI=1S/C13H14ClN5OS/c14-11-7-9(10(15)8-17-11)12(20)18-2-4-19(5-3-18)13-16-1-6-21-13/h1,6-8H,2-5,15H2. The molecule has 0 spiro atoms. The number of amides is 1. The molecule has 1 saturated heterocycles. The lowest BCUT2D eigenvalue weighted by Crippen LogP contribution is -2.48. The fourth-order valence-electron chi connectivity index (χ4n) is 2.27. The second-order valence-corrected chi connectivity index (χ2v) is 5.95. The van der Waals surface area contributed by atoms with Crippen LogP contribution in [-0.4, -0.2) is 47.0 Å². The maximum atomic E-state index is 12.5. The third kappa shape index (κ3) is 2.93. The lowest BCUT2D eigenvalue weighted by Gasteiger charge is -2.34. The number of rotatable bonds is 2. The molecule has 0 aromatic carbocycles. The van der Waals surface area contributed by atoms with Gasteiger partial charge in [0.2, 0.25) is 0 Å². The average molecular weight is 324 g/mol. The van der Waals surface area contributed by atoms with Gasteiger partial charge in [-0.3, -0.25) is 4.79 Å². The molecule has 110 valence electrons. The Kier molecular flexibility index (Phi) is 3.94. The Balaban J connectivity index is 1.69. The van der Waals surface area contributed by atoms with E-state index in [-0.39, 0.29) is 11.1 Å². The summed E-state index contributed by atoms with van der Waals surface area (Å²) in [5.74, 6) is -0.101. The number of carbonyl (C=O) groups is 1.